The summed E-state index contributed by atoms with van der Waals surface area (Å²) < 4.78 is 30.0. The topological polar surface area (TPSA) is 82.3 Å². The van der Waals surface area contributed by atoms with Gasteiger partial charge in [0.15, 0.2) is 0 Å². The van der Waals surface area contributed by atoms with E-state index in [0.29, 0.717) is 0 Å². The fourth-order valence-electron chi connectivity index (χ4n) is 1.23. The van der Waals surface area contributed by atoms with E-state index < -0.39 is 34.3 Å². The average Bonchev–Trinajstić information content (AvgIpc) is 2.27. The van der Waals surface area contributed by atoms with Gasteiger partial charge in [0.05, 0.1) is 11.5 Å². The molecule has 0 aliphatic carbocycles. The van der Waals surface area contributed by atoms with Crippen LogP contribution in [0.25, 0.3) is 0 Å². The molecule has 0 unspecified atom stereocenters. The molecule has 0 aliphatic rings. The van der Waals surface area contributed by atoms with Crippen LogP contribution in [0.4, 0.5) is 14.5 Å². The Labute approximate surface area is 114 Å². The first-order valence-corrected chi connectivity index (χ1v) is 5.76. The molecule has 0 spiro atoms. The van der Waals surface area contributed by atoms with Crippen molar-refractivity contribution in [2.45, 2.75) is 13.3 Å². The van der Waals surface area contributed by atoms with Crippen LogP contribution in [-0.2, 0) is 4.74 Å². The first-order valence-electron chi connectivity index (χ1n) is 4.68. The molecule has 0 N–H and O–H groups in total. The van der Waals surface area contributed by atoms with Crippen LogP contribution in [0.5, 0.6) is 0 Å². The van der Waals surface area contributed by atoms with Crippen LogP contribution in [0.3, 0.4) is 0 Å². The molecule has 1 aromatic rings. The predicted octanol–water partition coefficient (Wildman–Crippen LogP) is 2.71. The molecule has 0 radical (unpaired) electrons. The van der Waals surface area contributed by atoms with Crippen LogP contribution in [0.15, 0.2) is 6.20 Å². The van der Waals surface area contributed by atoms with E-state index in [1.165, 1.54) is 29.5 Å². The number of ether oxygens (including phenoxy) is 1. The molecule has 0 amide bonds. The monoisotopic (exact) mass is 372 g/mol. The second kappa shape index (κ2) is 5.98. The highest BCUT2D eigenvalue weighted by Gasteiger charge is 2.33. The summed E-state index contributed by atoms with van der Waals surface area (Å²) in [6, 6.07) is 0. The van der Waals surface area contributed by atoms with Crippen LogP contribution in [0.1, 0.15) is 29.4 Å². The van der Waals surface area contributed by atoms with E-state index in [4.69, 9.17) is 0 Å². The van der Waals surface area contributed by atoms with Crippen molar-refractivity contribution < 1.29 is 23.2 Å². The van der Waals surface area contributed by atoms with Crippen LogP contribution in [-0.4, -0.2) is 22.5 Å². The highest BCUT2D eigenvalue weighted by molar-refractivity contribution is 14.1. The zero-order valence-corrected chi connectivity index (χ0v) is 11.2. The maximum Gasteiger partial charge on any atom is 0.364 e. The van der Waals surface area contributed by atoms with Gasteiger partial charge in [-0.1, -0.05) is 0 Å². The molecule has 0 aliphatic heterocycles. The molecule has 0 saturated carbocycles. The van der Waals surface area contributed by atoms with E-state index in [0.717, 1.165) is 6.20 Å². The lowest BCUT2D eigenvalue weighted by atomic mass is 10.2. The minimum atomic E-state index is -3.08. The minimum Gasteiger partial charge on any atom is -0.461 e. The van der Waals surface area contributed by atoms with Crippen molar-refractivity contribution in [3.8, 4) is 0 Å². The van der Waals surface area contributed by atoms with E-state index in [1.54, 1.807) is 0 Å². The Morgan fingerprint density at radius 2 is 2.28 bits per heavy atom. The van der Waals surface area contributed by atoms with Crippen molar-refractivity contribution in [1.29, 1.82) is 0 Å². The van der Waals surface area contributed by atoms with Gasteiger partial charge in [0.25, 0.3) is 6.43 Å². The number of esters is 1. The maximum absolute atomic E-state index is 12.8. The highest BCUT2D eigenvalue weighted by Crippen LogP contribution is 2.34. The molecule has 0 fully saturated rings. The number of halogens is 3. The van der Waals surface area contributed by atoms with Gasteiger partial charge in [-0.3, -0.25) is 10.1 Å². The molecule has 1 aromatic heterocycles. The quantitative estimate of drug-likeness (QED) is 0.351. The van der Waals surface area contributed by atoms with Crippen molar-refractivity contribution in [2.75, 3.05) is 6.61 Å². The minimum absolute atomic E-state index is 0.0341. The summed E-state index contributed by atoms with van der Waals surface area (Å²) >= 11 is 1.50. The van der Waals surface area contributed by atoms with E-state index in [-0.39, 0.29) is 10.2 Å². The molecule has 18 heavy (non-hydrogen) atoms. The van der Waals surface area contributed by atoms with Gasteiger partial charge >= 0.3 is 11.7 Å². The smallest absolute Gasteiger partial charge is 0.364 e. The third kappa shape index (κ3) is 2.89. The second-order valence-electron chi connectivity index (χ2n) is 3.00. The number of carbonyl (C=O) groups is 1. The maximum atomic E-state index is 12.8. The van der Waals surface area contributed by atoms with Gasteiger partial charge in [-0.05, 0) is 29.5 Å². The lowest BCUT2D eigenvalue weighted by molar-refractivity contribution is -0.387. The Morgan fingerprint density at radius 1 is 1.67 bits per heavy atom. The van der Waals surface area contributed by atoms with Crippen molar-refractivity contribution in [2.24, 2.45) is 0 Å². The predicted molar refractivity (Wildman–Crippen MR) is 64.5 cm³/mol. The van der Waals surface area contributed by atoms with Crippen molar-refractivity contribution in [3.05, 3.63) is 31.1 Å². The van der Waals surface area contributed by atoms with Crippen molar-refractivity contribution in [1.82, 2.24) is 4.98 Å². The van der Waals surface area contributed by atoms with Crippen molar-refractivity contribution >= 4 is 34.2 Å². The Morgan fingerprint density at radius 3 is 2.72 bits per heavy atom. The zero-order valence-electron chi connectivity index (χ0n) is 9.02. The second-order valence-corrected chi connectivity index (χ2v) is 4.16. The van der Waals surface area contributed by atoms with Gasteiger partial charge in [0, 0.05) is 9.77 Å². The van der Waals surface area contributed by atoms with Gasteiger partial charge in [-0.25, -0.2) is 18.6 Å². The van der Waals surface area contributed by atoms with E-state index in [2.05, 4.69) is 9.72 Å². The van der Waals surface area contributed by atoms with Gasteiger partial charge in [0.1, 0.15) is 5.56 Å². The SMILES string of the molecule is CCOC(=O)c1ncc(I)c(C(F)F)c1[N+](=O)[O-]. The van der Waals surface area contributed by atoms with E-state index in [9.17, 15) is 23.7 Å². The normalized spacial score (nSPS) is 10.5. The molecule has 0 bridgehead atoms. The summed E-state index contributed by atoms with van der Waals surface area (Å²) in [6.45, 7) is 1.46. The molecular formula is C9H7F2IN2O4. The molecule has 98 valence electrons. The number of hydrogen-bond acceptors (Lipinski definition) is 5. The fraction of sp³-hybridized carbons (Fsp3) is 0.333. The zero-order chi connectivity index (χ0) is 13.9. The number of alkyl halides is 2. The highest BCUT2D eigenvalue weighted by atomic mass is 127. The first-order chi connectivity index (χ1) is 8.40. The summed E-state index contributed by atoms with van der Waals surface area (Å²) in [5, 5.41) is 10.8. The third-order valence-electron chi connectivity index (χ3n) is 1.91. The lowest BCUT2D eigenvalue weighted by Crippen LogP contribution is -2.13. The first kappa shape index (κ1) is 14.7. The number of carbonyl (C=O) groups excluding carboxylic acids is 1. The summed E-state index contributed by atoms with van der Waals surface area (Å²) in [5.41, 5.74) is -2.54. The number of pyridine rings is 1. The molecule has 1 heterocycles. The molecular weight excluding hydrogens is 365 g/mol. The largest absolute Gasteiger partial charge is 0.461 e. The number of rotatable bonds is 4. The summed E-state index contributed by atoms with van der Waals surface area (Å²) in [4.78, 5) is 24.7. The molecule has 9 heteroatoms. The number of nitrogens with zero attached hydrogens (tertiary/aromatic N) is 2. The standard InChI is InChI=1S/C9H7F2IN2O4/c1-2-18-9(15)6-7(14(16)17)5(8(10)11)4(12)3-13-6/h3,8H,2H2,1H3. The summed E-state index contributed by atoms with van der Waals surface area (Å²) in [6.07, 6.45) is -2.10. The van der Waals surface area contributed by atoms with Gasteiger partial charge < -0.3 is 4.74 Å². The molecule has 1 rings (SSSR count). The molecule has 0 saturated heterocycles. The van der Waals surface area contributed by atoms with Crippen LogP contribution < -0.4 is 0 Å². The van der Waals surface area contributed by atoms with Crippen LogP contribution in [0.2, 0.25) is 0 Å². The summed E-state index contributed by atoms with van der Waals surface area (Å²) in [7, 11) is 0. The summed E-state index contributed by atoms with van der Waals surface area (Å²) in [5.74, 6) is -1.09. The van der Waals surface area contributed by atoms with Gasteiger partial charge in [0.2, 0.25) is 5.69 Å². The Bertz CT molecular complexity index is 496. The third-order valence-corrected chi connectivity index (χ3v) is 2.77. The fourth-order valence-corrected chi connectivity index (χ4v) is 1.86. The Kier molecular flexibility index (Phi) is 4.87. The molecule has 0 aromatic carbocycles. The Hall–Kier alpha value is -1.39. The van der Waals surface area contributed by atoms with Crippen molar-refractivity contribution in [3.63, 3.8) is 0 Å². The Balaban J connectivity index is 3.49. The van der Waals surface area contributed by atoms with E-state index in [1.807, 2.05) is 0 Å². The average molecular weight is 372 g/mol. The molecule has 0 atom stereocenters. The number of nitro groups is 1. The van der Waals surface area contributed by atoms with Gasteiger partial charge in [-0.2, -0.15) is 0 Å². The van der Waals surface area contributed by atoms with Gasteiger partial charge in [-0.15, -0.1) is 0 Å². The van der Waals surface area contributed by atoms with E-state index >= 15 is 0 Å². The van der Waals surface area contributed by atoms with Crippen LogP contribution in [0, 0.1) is 13.7 Å². The molecule has 6 nitrogen and oxygen atoms in total. The lowest BCUT2D eigenvalue weighted by Gasteiger charge is -2.07. The van der Waals surface area contributed by atoms with Crippen LogP contribution >= 0.6 is 22.6 Å². The number of aromatic nitrogens is 1. The number of hydrogen-bond donors (Lipinski definition) is 0.